The topological polar surface area (TPSA) is 35.5 Å². The van der Waals surface area contributed by atoms with Gasteiger partial charge in [-0.15, -0.1) is 0 Å². The molecule has 0 heterocycles. The minimum absolute atomic E-state index is 0.151. The smallest absolute Gasteiger partial charge is 0.311 e. The van der Waals surface area contributed by atoms with E-state index in [1.54, 1.807) is 7.11 Å². The zero-order valence-corrected chi connectivity index (χ0v) is 19.3. The quantitative estimate of drug-likeness (QED) is 0.399. The number of esters is 1. The van der Waals surface area contributed by atoms with Crippen LogP contribution in [-0.4, -0.2) is 13.1 Å². The van der Waals surface area contributed by atoms with Crippen LogP contribution in [-0.2, 0) is 15.6 Å². The van der Waals surface area contributed by atoms with Gasteiger partial charge in [-0.1, -0.05) is 78.8 Å². The molecule has 0 spiro atoms. The summed E-state index contributed by atoms with van der Waals surface area (Å²) in [5.74, 6) is 1.43. The van der Waals surface area contributed by atoms with E-state index < -0.39 is 0 Å². The van der Waals surface area contributed by atoms with Crippen molar-refractivity contribution in [2.45, 2.75) is 78.1 Å². The monoisotopic (exact) mass is 396 g/mol. The minimum atomic E-state index is -0.193. The molecule has 3 nitrogen and oxygen atoms in total. The Hall–Kier alpha value is -2.29. The second kappa shape index (κ2) is 9.02. The lowest BCUT2D eigenvalue weighted by atomic mass is 9.79. The van der Waals surface area contributed by atoms with Gasteiger partial charge < -0.3 is 9.47 Å². The van der Waals surface area contributed by atoms with E-state index in [0.717, 1.165) is 23.3 Å². The van der Waals surface area contributed by atoms with Gasteiger partial charge in [0.1, 0.15) is 11.5 Å². The maximum atomic E-state index is 13.0. The Labute approximate surface area is 176 Å². The summed E-state index contributed by atoms with van der Waals surface area (Å²) >= 11 is 0. The molecule has 0 amide bonds. The molecule has 0 saturated carbocycles. The van der Waals surface area contributed by atoms with Gasteiger partial charge >= 0.3 is 5.97 Å². The zero-order chi connectivity index (χ0) is 21.8. The largest absolute Gasteiger partial charge is 0.497 e. The van der Waals surface area contributed by atoms with Crippen LogP contribution in [0.15, 0.2) is 42.5 Å². The van der Waals surface area contributed by atoms with Crippen LogP contribution in [0.1, 0.15) is 83.9 Å². The zero-order valence-electron chi connectivity index (χ0n) is 19.3. The first-order valence-electron chi connectivity index (χ1n) is 10.5. The molecule has 0 bridgehead atoms. The van der Waals surface area contributed by atoms with Gasteiger partial charge in [0, 0.05) is 11.1 Å². The molecule has 2 aromatic rings. The maximum absolute atomic E-state index is 13.0. The molecule has 0 unspecified atom stereocenters. The average molecular weight is 397 g/mol. The number of carbonyl (C=O) groups excluding carboxylic acids is 1. The molecule has 1 atom stereocenters. The molecular formula is C26H36O3. The first kappa shape index (κ1) is 23.0. The fourth-order valence-electron chi connectivity index (χ4n) is 3.52. The molecule has 2 rings (SSSR count). The molecule has 0 fully saturated rings. The molecular weight excluding hydrogens is 360 g/mol. The maximum Gasteiger partial charge on any atom is 0.311 e. The van der Waals surface area contributed by atoms with Crippen molar-refractivity contribution in [2.24, 2.45) is 0 Å². The van der Waals surface area contributed by atoms with Gasteiger partial charge in [-0.05, 0) is 40.9 Å². The number of hydrogen-bond acceptors (Lipinski definition) is 3. The highest BCUT2D eigenvalue weighted by Gasteiger charge is 2.30. The summed E-state index contributed by atoms with van der Waals surface area (Å²) in [6.45, 7) is 14.9. The highest BCUT2D eigenvalue weighted by molar-refractivity contribution is 5.75. The Bertz CT molecular complexity index is 788. The SMILES string of the molecule is CC[C@@H](CC(=O)Oc1c(C(C)(C)C)cc(OC)cc1C(C)(C)C)c1ccccc1. The highest BCUT2D eigenvalue weighted by Crippen LogP contribution is 2.43. The van der Waals surface area contributed by atoms with Gasteiger partial charge in [0.15, 0.2) is 0 Å². The molecule has 0 N–H and O–H groups in total. The average Bonchev–Trinajstić information content (AvgIpc) is 2.65. The Kier molecular flexibility index (Phi) is 7.15. The Morgan fingerprint density at radius 2 is 1.45 bits per heavy atom. The van der Waals surface area contributed by atoms with Crippen LogP contribution < -0.4 is 9.47 Å². The van der Waals surface area contributed by atoms with Crippen LogP contribution in [0.3, 0.4) is 0 Å². The van der Waals surface area contributed by atoms with E-state index >= 15 is 0 Å². The predicted octanol–water partition coefficient (Wildman–Crippen LogP) is 6.78. The lowest BCUT2D eigenvalue weighted by molar-refractivity contribution is -0.135. The van der Waals surface area contributed by atoms with Crippen LogP contribution in [0.2, 0.25) is 0 Å². The number of methoxy groups -OCH3 is 1. The molecule has 0 aliphatic rings. The van der Waals surface area contributed by atoms with E-state index in [9.17, 15) is 4.79 Å². The molecule has 0 aliphatic heterocycles. The van der Waals surface area contributed by atoms with Crippen molar-refractivity contribution < 1.29 is 14.3 Å². The van der Waals surface area contributed by atoms with Crippen LogP contribution in [0.4, 0.5) is 0 Å². The number of ether oxygens (including phenoxy) is 2. The van der Waals surface area contributed by atoms with Gasteiger partial charge in [0.05, 0.1) is 13.5 Å². The van der Waals surface area contributed by atoms with Crippen molar-refractivity contribution in [1.82, 2.24) is 0 Å². The van der Waals surface area contributed by atoms with Gasteiger partial charge in [-0.3, -0.25) is 4.79 Å². The molecule has 0 radical (unpaired) electrons. The number of benzene rings is 2. The molecule has 0 aliphatic carbocycles. The fourth-order valence-corrected chi connectivity index (χ4v) is 3.52. The van der Waals surface area contributed by atoms with E-state index in [1.807, 2.05) is 30.3 Å². The molecule has 0 saturated heterocycles. The first-order chi connectivity index (χ1) is 13.5. The van der Waals surface area contributed by atoms with Gasteiger partial charge in [-0.2, -0.15) is 0 Å². The Balaban J connectivity index is 2.43. The van der Waals surface area contributed by atoms with E-state index in [1.165, 1.54) is 5.56 Å². The first-order valence-corrected chi connectivity index (χ1v) is 10.5. The molecule has 29 heavy (non-hydrogen) atoms. The third-order valence-corrected chi connectivity index (χ3v) is 5.31. The minimum Gasteiger partial charge on any atom is -0.497 e. The van der Waals surface area contributed by atoms with Crippen molar-refractivity contribution in [3.63, 3.8) is 0 Å². The lowest BCUT2D eigenvalue weighted by Crippen LogP contribution is -2.23. The second-order valence-corrected chi connectivity index (χ2v) is 9.75. The summed E-state index contributed by atoms with van der Waals surface area (Å²) in [6.07, 6.45) is 1.25. The lowest BCUT2D eigenvalue weighted by Gasteiger charge is -2.30. The third-order valence-electron chi connectivity index (χ3n) is 5.31. The van der Waals surface area contributed by atoms with Crippen LogP contribution in [0.5, 0.6) is 11.5 Å². The highest BCUT2D eigenvalue weighted by atomic mass is 16.5. The van der Waals surface area contributed by atoms with E-state index in [2.05, 4.69) is 60.6 Å². The summed E-state index contributed by atoms with van der Waals surface area (Å²) in [4.78, 5) is 13.0. The third kappa shape index (κ3) is 5.85. The predicted molar refractivity (Wildman–Crippen MR) is 120 cm³/mol. The van der Waals surface area contributed by atoms with E-state index in [0.29, 0.717) is 12.2 Å². The number of hydrogen-bond donors (Lipinski definition) is 0. The Morgan fingerprint density at radius 1 is 0.931 bits per heavy atom. The second-order valence-electron chi connectivity index (χ2n) is 9.75. The van der Waals surface area contributed by atoms with E-state index in [4.69, 9.17) is 9.47 Å². The van der Waals surface area contributed by atoms with Crippen molar-refractivity contribution in [3.8, 4) is 11.5 Å². The molecule has 0 aromatic heterocycles. The van der Waals surface area contributed by atoms with Gasteiger partial charge in [-0.25, -0.2) is 0 Å². The Morgan fingerprint density at radius 3 is 1.86 bits per heavy atom. The molecule has 158 valence electrons. The van der Waals surface area contributed by atoms with Crippen molar-refractivity contribution in [1.29, 1.82) is 0 Å². The van der Waals surface area contributed by atoms with Crippen molar-refractivity contribution in [3.05, 3.63) is 59.2 Å². The summed E-state index contributed by atoms with van der Waals surface area (Å²) in [5.41, 5.74) is 2.78. The van der Waals surface area contributed by atoms with Crippen molar-refractivity contribution in [2.75, 3.05) is 7.11 Å². The summed E-state index contributed by atoms with van der Waals surface area (Å²) < 4.78 is 11.6. The van der Waals surface area contributed by atoms with Crippen LogP contribution >= 0.6 is 0 Å². The van der Waals surface area contributed by atoms with Crippen molar-refractivity contribution >= 4 is 5.97 Å². The summed E-state index contributed by atoms with van der Waals surface area (Å²) in [5, 5.41) is 0. The van der Waals surface area contributed by atoms with Gasteiger partial charge in [0.25, 0.3) is 0 Å². The van der Waals surface area contributed by atoms with Crippen LogP contribution in [0.25, 0.3) is 0 Å². The normalized spacial score (nSPS) is 13.1. The van der Waals surface area contributed by atoms with E-state index in [-0.39, 0.29) is 22.7 Å². The number of carbonyl (C=O) groups is 1. The summed E-state index contributed by atoms with van der Waals surface area (Å²) in [7, 11) is 1.67. The summed E-state index contributed by atoms with van der Waals surface area (Å²) in [6, 6.07) is 14.2. The standard InChI is InChI=1S/C26H36O3/c1-9-18(19-13-11-10-12-14-19)15-23(27)29-24-21(25(2,3)4)16-20(28-8)17-22(24)26(5,6)7/h10-14,16-18H,9,15H2,1-8H3/t18-/m0/s1. The fraction of sp³-hybridized carbons (Fsp3) is 0.500. The van der Waals surface area contributed by atoms with Gasteiger partial charge in [0.2, 0.25) is 0 Å². The number of rotatable bonds is 6. The molecule has 2 aromatic carbocycles. The molecule has 3 heteroatoms. The van der Waals surface area contributed by atoms with Crippen LogP contribution in [0, 0.1) is 0 Å².